The van der Waals surface area contributed by atoms with E-state index in [2.05, 4.69) is 61.6 Å². The second-order valence-electron chi connectivity index (χ2n) is 5.31. The van der Waals surface area contributed by atoms with E-state index in [0.717, 1.165) is 25.1 Å². The molecule has 1 aromatic carbocycles. The van der Waals surface area contributed by atoms with E-state index < -0.39 is 0 Å². The molecule has 2 aromatic rings. The lowest BCUT2D eigenvalue weighted by molar-refractivity contribution is 0.571. The molecule has 0 spiro atoms. The highest BCUT2D eigenvalue weighted by molar-refractivity contribution is 5.65. The number of hydrogen-bond acceptors (Lipinski definition) is 2. The molecule has 1 heterocycles. The zero-order valence-corrected chi connectivity index (χ0v) is 13.0. The predicted octanol–water partition coefficient (Wildman–Crippen LogP) is 3.71. The molecule has 2 rings (SSSR count). The van der Waals surface area contributed by atoms with Crippen LogP contribution in [0.5, 0.6) is 0 Å². The molecule has 1 unspecified atom stereocenters. The average molecular weight is 271 g/mol. The van der Waals surface area contributed by atoms with Crippen LogP contribution in [0.25, 0.3) is 11.1 Å². The summed E-state index contributed by atoms with van der Waals surface area (Å²) in [7, 11) is 1.98. The molecule has 1 N–H and O–H groups in total. The Kier molecular flexibility index (Phi) is 4.96. The van der Waals surface area contributed by atoms with Crippen molar-refractivity contribution >= 4 is 0 Å². The van der Waals surface area contributed by atoms with Gasteiger partial charge in [-0.25, -0.2) is 0 Å². The molecule has 0 amide bonds. The van der Waals surface area contributed by atoms with Crippen LogP contribution in [0.4, 0.5) is 0 Å². The van der Waals surface area contributed by atoms with Gasteiger partial charge in [0.2, 0.25) is 0 Å². The van der Waals surface area contributed by atoms with Crippen LogP contribution in [0.1, 0.15) is 44.5 Å². The summed E-state index contributed by atoms with van der Waals surface area (Å²) in [5, 5.41) is 8.03. The van der Waals surface area contributed by atoms with E-state index in [1.54, 1.807) is 0 Å². The van der Waals surface area contributed by atoms with Crippen LogP contribution in [0.2, 0.25) is 0 Å². The van der Waals surface area contributed by atoms with Crippen LogP contribution in [-0.2, 0) is 13.5 Å². The van der Waals surface area contributed by atoms with Crippen LogP contribution >= 0.6 is 0 Å². The average Bonchev–Trinajstić information content (AvgIpc) is 2.86. The number of nitrogens with zero attached hydrogens (tertiary/aromatic N) is 2. The number of hydrogen-bond donors (Lipinski definition) is 1. The molecule has 3 heteroatoms. The first-order valence-corrected chi connectivity index (χ1v) is 7.52. The van der Waals surface area contributed by atoms with E-state index in [-0.39, 0.29) is 0 Å². The van der Waals surface area contributed by atoms with E-state index in [9.17, 15) is 0 Å². The molecule has 108 valence electrons. The van der Waals surface area contributed by atoms with Crippen molar-refractivity contribution in [3.8, 4) is 11.1 Å². The van der Waals surface area contributed by atoms with Gasteiger partial charge in [-0.1, -0.05) is 38.1 Å². The zero-order valence-electron chi connectivity index (χ0n) is 13.0. The lowest BCUT2D eigenvalue weighted by Crippen LogP contribution is -2.19. The van der Waals surface area contributed by atoms with Gasteiger partial charge in [-0.2, -0.15) is 5.10 Å². The largest absolute Gasteiger partial charge is 0.310 e. The van der Waals surface area contributed by atoms with Crippen molar-refractivity contribution in [2.75, 3.05) is 6.54 Å². The Morgan fingerprint density at radius 1 is 1.20 bits per heavy atom. The summed E-state index contributed by atoms with van der Waals surface area (Å²) in [5.74, 6) is 0. The van der Waals surface area contributed by atoms with Gasteiger partial charge in [0.25, 0.3) is 0 Å². The summed E-state index contributed by atoms with van der Waals surface area (Å²) >= 11 is 0. The lowest BCUT2D eigenvalue weighted by Gasteiger charge is -2.14. The van der Waals surface area contributed by atoms with Gasteiger partial charge in [-0.05, 0) is 37.4 Å². The van der Waals surface area contributed by atoms with Crippen molar-refractivity contribution < 1.29 is 0 Å². The molecule has 20 heavy (non-hydrogen) atoms. The first-order valence-electron chi connectivity index (χ1n) is 7.52. The molecule has 0 aliphatic heterocycles. The Balaban J connectivity index is 2.19. The first-order chi connectivity index (χ1) is 9.65. The number of nitrogens with one attached hydrogen (secondary N) is 1. The highest BCUT2D eigenvalue weighted by Gasteiger charge is 2.09. The summed E-state index contributed by atoms with van der Waals surface area (Å²) < 4.78 is 1.90. The Bertz CT molecular complexity index is 540. The second-order valence-corrected chi connectivity index (χ2v) is 5.31. The summed E-state index contributed by atoms with van der Waals surface area (Å²) in [4.78, 5) is 0. The third kappa shape index (κ3) is 3.28. The van der Waals surface area contributed by atoms with E-state index in [0.29, 0.717) is 6.04 Å². The molecular formula is C17H25N3. The Morgan fingerprint density at radius 2 is 1.90 bits per heavy atom. The Morgan fingerprint density at radius 3 is 2.50 bits per heavy atom. The van der Waals surface area contributed by atoms with Crippen LogP contribution in [0, 0.1) is 0 Å². The van der Waals surface area contributed by atoms with E-state index in [4.69, 9.17) is 0 Å². The fourth-order valence-corrected chi connectivity index (χ4v) is 2.47. The molecule has 0 aliphatic rings. The quantitative estimate of drug-likeness (QED) is 0.868. The van der Waals surface area contributed by atoms with E-state index in [1.165, 1.54) is 16.7 Å². The van der Waals surface area contributed by atoms with Crippen molar-refractivity contribution in [2.45, 2.75) is 39.7 Å². The van der Waals surface area contributed by atoms with Crippen molar-refractivity contribution in [1.82, 2.24) is 15.1 Å². The fourth-order valence-electron chi connectivity index (χ4n) is 2.47. The normalized spacial score (nSPS) is 12.6. The van der Waals surface area contributed by atoms with Gasteiger partial charge in [0.05, 0.1) is 5.69 Å². The molecule has 1 aromatic heterocycles. The predicted molar refractivity (Wildman–Crippen MR) is 84.7 cm³/mol. The first kappa shape index (κ1) is 14.8. The molecule has 0 aliphatic carbocycles. The van der Waals surface area contributed by atoms with Gasteiger partial charge in [-0.15, -0.1) is 0 Å². The molecular weight excluding hydrogens is 246 g/mol. The van der Waals surface area contributed by atoms with E-state index in [1.807, 2.05) is 11.7 Å². The van der Waals surface area contributed by atoms with Crippen molar-refractivity contribution in [2.24, 2.45) is 7.05 Å². The number of benzene rings is 1. The summed E-state index contributed by atoms with van der Waals surface area (Å²) in [6.07, 6.45) is 4.23. The third-order valence-corrected chi connectivity index (χ3v) is 3.66. The van der Waals surface area contributed by atoms with Crippen molar-refractivity contribution in [3.63, 3.8) is 0 Å². The molecule has 0 bridgehead atoms. The topological polar surface area (TPSA) is 29.9 Å². The van der Waals surface area contributed by atoms with E-state index >= 15 is 0 Å². The summed E-state index contributed by atoms with van der Waals surface area (Å²) in [5.41, 5.74) is 5.00. The highest BCUT2D eigenvalue weighted by atomic mass is 15.2. The maximum atomic E-state index is 4.51. The van der Waals surface area contributed by atoms with Crippen LogP contribution in [0.3, 0.4) is 0 Å². The molecule has 3 nitrogen and oxygen atoms in total. The van der Waals surface area contributed by atoms with Gasteiger partial charge < -0.3 is 5.32 Å². The highest BCUT2D eigenvalue weighted by Crippen LogP contribution is 2.25. The Hall–Kier alpha value is -1.61. The van der Waals surface area contributed by atoms with Crippen LogP contribution < -0.4 is 5.32 Å². The van der Waals surface area contributed by atoms with Crippen LogP contribution in [0.15, 0.2) is 30.5 Å². The molecule has 0 saturated carbocycles. The summed E-state index contributed by atoms with van der Waals surface area (Å²) in [6.45, 7) is 7.62. The standard InChI is InChI=1S/C17H25N3/c1-5-11-18-13(3)14-7-9-15(10-8-14)16-12-20(4)19-17(16)6-2/h7-10,12-13,18H,5-6,11H2,1-4H3. The maximum Gasteiger partial charge on any atom is 0.0700 e. The molecule has 0 saturated heterocycles. The molecule has 1 atom stereocenters. The smallest absolute Gasteiger partial charge is 0.0700 e. The minimum absolute atomic E-state index is 0.406. The number of rotatable bonds is 6. The monoisotopic (exact) mass is 271 g/mol. The van der Waals surface area contributed by atoms with Gasteiger partial charge in [0.15, 0.2) is 0 Å². The zero-order chi connectivity index (χ0) is 14.5. The molecule has 0 radical (unpaired) electrons. The van der Waals surface area contributed by atoms with Gasteiger partial charge in [0, 0.05) is 24.8 Å². The second kappa shape index (κ2) is 6.71. The van der Waals surface area contributed by atoms with Crippen molar-refractivity contribution in [3.05, 3.63) is 41.7 Å². The van der Waals surface area contributed by atoms with Gasteiger partial charge >= 0.3 is 0 Å². The van der Waals surface area contributed by atoms with Gasteiger partial charge in [-0.3, -0.25) is 4.68 Å². The minimum Gasteiger partial charge on any atom is -0.310 e. The lowest BCUT2D eigenvalue weighted by atomic mass is 10.0. The maximum absolute atomic E-state index is 4.51. The Labute approximate surface area is 122 Å². The number of aryl methyl sites for hydroxylation is 2. The van der Waals surface area contributed by atoms with Crippen molar-refractivity contribution in [1.29, 1.82) is 0 Å². The van der Waals surface area contributed by atoms with Crippen LogP contribution in [-0.4, -0.2) is 16.3 Å². The fraction of sp³-hybridized carbons (Fsp3) is 0.471. The van der Waals surface area contributed by atoms with Gasteiger partial charge in [0.1, 0.15) is 0 Å². The molecule has 0 fully saturated rings. The summed E-state index contributed by atoms with van der Waals surface area (Å²) in [6, 6.07) is 9.25. The SMILES string of the molecule is CCCNC(C)c1ccc(-c2cn(C)nc2CC)cc1. The third-order valence-electron chi connectivity index (χ3n) is 3.66. The number of aromatic nitrogens is 2. The minimum atomic E-state index is 0.406.